The third-order valence-corrected chi connectivity index (χ3v) is 3.27. The van der Waals surface area contributed by atoms with E-state index < -0.39 is 5.82 Å². The van der Waals surface area contributed by atoms with E-state index in [1.807, 2.05) is 6.07 Å². The monoisotopic (exact) mass is 247 g/mol. The quantitative estimate of drug-likeness (QED) is 0.813. The van der Waals surface area contributed by atoms with Crippen molar-refractivity contribution in [2.24, 2.45) is 0 Å². The van der Waals surface area contributed by atoms with E-state index in [2.05, 4.69) is 10.2 Å². The minimum Gasteiger partial charge on any atom is -0.385 e. The molecule has 0 saturated carbocycles. The number of nitrogens with zero attached hydrogens (tertiary/aromatic N) is 2. The van der Waals surface area contributed by atoms with Gasteiger partial charge in [0.1, 0.15) is 11.9 Å². The lowest BCUT2D eigenvalue weighted by Gasteiger charge is -2.14. The summed E-state index contributed by atoms with van der Waals surface area (Å²) in [5, 5.41) is 11.8. The molecule has 96 valence electrons. The smallest absolute Gasteiger partial charge is 0.143 e. The number of nitrogens with one attached hydrogen (secondary N) is 1. The number of hydrogen-bond donors (Lipinski definition) is 1. The zero-order valence-corrected chi connectivity index (χ0v) is 10.5. The third-order valence-electron chi connectivity index (χ3n) is 3.27. The third kappa shape index (κ3) is 3.44. The van der Waals surface area contributed by atoms with Crippen molar-refractivity contribution in [3.63, 3.8) is 0 Å². The molecular weight excluding hydrogens is 229 g/mol. The highest BCUT2D eigenvalue weighted by molar-refractivity contribution is 5.48. The van der Waals surface area contributed by atoms with Crippen LogP contribution in [0.25, 0.3) is 0 Å². The molecule has 1 aliphatic rings. The van der Waals surface area contributed by atoms with Gasteiger partial charge >= 0.3 is 0 Å². The minimum absolute atomic E-state index is 0.0950. The van der Waals surface area contributed by atoms with E-state index in [9.17, 15) is 4.39 Å². The van der Waals surface area contributed by atoms with Crippen LogP contribution in [0.3, 0.4) is 0 Å². The van der Waals surface area contributed by atoms with Gasteiger partial charge in [-0.1, -0.05) is 0 Å². The van der Waals surface area contributed by atoms with Gasteiger partial charge in [0.25, 0.3) is 0 Å². The van der Waals surface area contributed by atoms with Gasteiger partial charge in [-0.15, -0.1) is 0 Å². The van der Waals surface area contributed by atoms with Crippen LogP contribution < -0.4 is 5.32 Å². The average Bonchev–Trinajstić information content (AvgIpc) is 2.88. The van der Waals surface area contributed by atoms with Crippen LogP contribution in [0.1, 0.15) is 24.8 Å². The number of rotatable bonds is 5. The molecule has 0 spiro atoms. The van der Waals surface area contributed by atoms with E-state index >= 15 is 0 Å². The summed E-state index contributed by atoms with van der Waals surface area (Å²) in [6.07, 6.45) is 3.68. The summed E-state index contributed by atoms with van der Waals surface area (Å²) in [6, 6.07) is 6.46. The molecule has 1 saturated heterocycles. The number of hydrogen-bond acceptors (Lipinski definition) is 3. The highest BCUT2D eigenvalue weighted by Gasteiger charge is 2.10. The first-order chi connectivity index (χ1) is 8.79. The molecule has 1 aromatic rings. The molecule has 1 aromatic carbocycles. The van der Waals surface area contributed by atoms with Crippen LogP contribution in [0.5, 0.6) is 0 Å². The minimum atomic E-state index is -0.456. The molecule has 0 atom stereocenters. The van der Waals surface area contributed by atoms with Crippen LogP contribution >= 0.6 is 0 Å². The van der Waals surface area contributed by atoms with Crippen LogP contribution in [0, 0.1) is 17.1 Å². The number of nitriles is 1. The summed E-state index contributed by atoms with van der Waals surface area (Å²) in [7, 11) is 0. The summed E-state index contributed by atoms with van der Waals surface area (Å²) in [4.78, 5) is 2.46. The van der Waals surface area contributed by atoms with E-state index in [1.54, 1.807) is 6.07 Å². The van der Waals surface area contributed by atoms with Gasteiger partial charge in [-0.3, -0.25) is 0 Å². The molecule has 1 heterocycles. The Morgan fingerprint density at radius 2 is 2.11 bits per heavy atom. The Morgan fingerprint density at radius 1 is 1.33 bits per heavy atom. The normalized spacial score (nSPS) is 15.6. The first kappa shape index (κ1) is 12.8. The highest BCUT2D eigenvalue weighted by atomic mass is 19.1. The van der Waals surface area contributed by atoms with Gasteiger partial charge in [-0.05, 0) is 57.1 Å². The fourth-order valence-electron chi connectivity index (χ4n) is 2.26. The zero-order valence-electron chi connectivity index (χ0n) is 10.5. The maximum atomic E-state index is 13.3. The second-order valence-electron chi connectivity index (χ2n) is 4.64. The van der Waals surface area contributed by atoms with Gasteiger partial charge < -0.3 is 10.2 Å². The Kier molecular flexibility index (Phi) is 4.54. The molecule has 3 nitrogen and oxygen atoms in total. The van der Waals surface area contributed by atoms with Gasteiger partial charge in [-0.2, -0.15) is 5.26 Å². The van der Waals surface area contributed by atoms with E-state index in [0.29, 0.717) is 0 Å². The predicted octanol–water partition coefficient (Wildman–Crippen LogP) is 2.60. The lowest BCUT2D eigenvalue weighted by atomic mass is 10.2. The number of anilines is 1. The summed E-state index contributed by atoms with van der Waals surface area (Å²) >= 11 is 0. The van der Waals surface area contributed by atoms with Crippen LogP contribution in [-0.4, -0.2) is 31.1 Å². The molecule has 0 radical (unpaired) electrons. The van der Waals surface area contributed by atoms with Gasteiger partial charge in [-0.25, -0.2) is 4.39 Å². The number of halogens is 1. The van der Waals surface area contributed by atoms with Crippen molar-refractivity contribution in [2.45, 2.75) is 19.3 Å². The molecule has 0 unspecified atom stereocenters. The predicted molar refractivity (Wildman–Crippen MR) is 69.9 cm³/mol. The Labute approximate surface area is 107 Å². The van der Waals surface area contributed by atoms with Crippen molar-refractivity contribution in [1.29, 1.82) is 5.26 Å². The summed E-state index contributed by atoms with van der Waals surface area (Å²) in [6.45, 7) is 4.37. The molecule has 1 fully saturated rings. The SMILES string of the molecule is N#Cc1ccc(NCCCN2CCCC2)cc1F. The Balaban J connectivity index is 1.73. The summed E-state index contributed by atoms with van der Waals surface area (Å²) in [5.74, 6) is -0.456. The Morgan fingerprint density at radius 3 is 2.78 bits per heavy atom. The molecular formula is C14H18FN3. The molecule has 18 heavy (non-hydrogen) atoms. The van der Waals surface area contributed by atoms with Crippen molar-refractivity contribution >= 4 is 5.69 Å². The van der Waals surface area contributed by atoms with Gasteiger partial charge in [0, 0.05) is 12.2 Å². The molecule has 4 heteroatoms. The molecule has 1 N–H and O–H groups in total. The zero-order chi connectivity index (χ0) is 12.8. The molecule has 0 amide bonds. The van der Waals surface area contributed by atoms with E-state index in [-0.39, 0.29) is 5.56 Å². The number of benzene rings is 1. The van der Waals surface area contributed by atoms with Crippen molar-refractivity contribution in [3.8, 4) is 6.07 Å². The van der Waals surface area contributed by atoms with Crippen LogP contribution in [0.4, 0.5) is 10.1 Å². The van der Waals surface area contributed by atoms with Gasteiger partial charge in [0.15, 0.2) is 0 Å². The van der Waals surface area contributed by atoms with Crippen molar-refractivity contribution in [1.82, 2.24) is 4.90 Å². The highest BCUT2D eigenvalue weighted by Crippen LogP contribution is 2.14. The van der Waals surface area contributed by atoms with Crippen LogP contribution in [0.2, 0.25) is 0 Å². The Bertz CT molecular complexity index is 433. The molecule has 0 bridgehead atoms. The maximum Gasteiger partial charge on any atom is 0.143 e. The fraction of sp³-hybridized carbons (Fsp3) is 0.500. The largest absolute Gasteiger partial charge is 0.385 e. The molecule has 0 aromatic heterocycles. The average molecular weight is 247 g/mol. The molecule has 2 rings (SSSR count). The van der Waals surface area contributed by atoms with Crippen molar-refractivity contribution < 1.29 is 4.39 Å². The topological polar surface area (TPSA) is 39.1 Å². The first-order valence-electron chi connectivity index (χ1n) is 6.45. The van der Waals surface area contributed by atoms with Crippen LogP contribution in [-0.2, 0) is 0 Å². The van der Waals surface area contributed by atoms with Crippen molar-refractivity contribution in [2.75, 3.05) is 31.5 Å². The fourth-order valence-corrected chi connectivity index (χ4v) is 2.26. The number of likely N-dealkylation sites (tertiary alicyclic amines) is 1. The maximum absolute atomic E-state index is 13.3. The second-order valence-corrected chi connectivity index (χ2v) is 4.64. The second kappa shape index (κ2) is 6.36. The molecule has 1 aliphatic heterocycles. The lowest BCUT2D eigenvalue weighted by Crippen LogP contribution is -2.22. The Hall–Kier alpha value is -1.60. The van der Waals surface area contributed by atoms with Gasteiger partial charge in [0.05, 0.1) is 5.56 Å². The first-order valence-corrected chi connectivity index (χ1v) is 6.45. The van der Waals surface area contributed by atoms with Crippen molar-refractivity contribution in [3.05, 3.63) is 29.6 Å². The van der Waals surface area contributed by atoms with Crippen LogP contribution in [0.15, 0.2) is 18.2 Å². The van der Waals surface area contributed by atoms with Gasteiger partial charge in [0.2, 0.25) is 0 Å². The van der Waals surface area contributed by atoms with E-state index in [1.165, 1.54) is 38.1 Å². The summed E-state index contributed by atoms with van der Waals surface area (Å²) in [5.41, 5.74) is 0.838. The van der Waals surface area contributed by atoms with E-state index in [0.717, 1.165) is 25.2 Å². The summed E-state index contributed by atoms with van der Waals surface area (Å²) < 4.78 is 13.3. The standard InChI is InChI=1S/C14H18FN3/c15-14-10-13(5-4-12(14)11-16)17-6-3-9-18-7-1-2-8-18/h4-5,10,17H,1-3,6-9H2. The van der Waals surface area contributed by atoms with E-state index in [4.69, 9.17) is 5.26 Å². The molecule has 0 aliphatic carbocycles. The lowest BCUT2D eigenvalue weighted by molar-refractivity contribution is 0.337.